The monoisotopic (exact) mass is 308 g/mol. The Kier molecular flexibility index (Phi) is 861. The Morgan fingerprint density at radius 1 is 0.417 bits per heavy atom. The summed E-state index contributed by atoms with van der Waals surface area (Å²) in [6, 6.07) is 0. The quantitative estimate of drug-likeness (QED) is 0.409. The first kappa shape index (κ1) is 115. The summed E-state index contributed by atoms with van der Waals surface area (Å²) in [5, 5.41) is 0. The van der Waals surface area contributed by atoms with Crippen LogP contribution in [-0.4, -0.2) is 43.8 Å². The Hall–Kier alpha value is 1.06. The van der Waals surface area contributed by atoms with E-state index in [-0.39, 0.29) is 43.8 Å². The number of rotatable bonds is 0. The molecule has 16 N–H and O–H groups in total. The van der Waals surface area contributed by atoms with E-state index in [4.69, 9.17) is 30.4 Å². The zero-order valence-electron chi connectivity index (χ0n) is 5.47. The molecule has 0 spiro atoms. The summed E-state index contributed by atoms with van der Waals surface area (Å²) >= 11 is 0. The first-order valence-electron chi connectivity index (χ1n) is 0.378. The summed E-state index contributed by atoms with van der Waals surface area (Å²) in [6.07, 6.45) is 0. The van der Waals surface area contributed by atoms with E-state index < -0.39 is 10.9 Å². The van der Waals surface area contributed by atoms with E-state index in [9.17, 15) is 0 Å². The van der Waals surface area contributed by atoms with E-state index in [1.165, 1.54) is 0 Å². The Morgan fingerprint density at radius 3 is 0.417 bits per heavy atom. The Morgan fingerprint density at radius 2 is 0.417 bits per heavy atom. The molecule has 0 heterocycles. The summed E-state index contributed by atoms with van der Waals surface area (Å²) in [7, 11) is 13.4. The average Bonchev–Trinajstić information content (AvgIpc) is 0.811. The van der Waals surface area contributed by atoms with E-state index in [1.54, 1.807) is 0 Å². The third kappa shape index (κ3) is 1000. The third-order valence-corrected chi connectivity index (χ3v) is 0. The van der Waals surface area contributed by atoms with Gasteiger partial charge in [-0.3, -0.25) is 0 Å². The van der Waals surface area contributed by atoms with Gasteiger partial charge >= 0.3 is 41.4 Å². The van der Waals surface area contributed by atoms with Crippen LogP contribution >= 0.6 is 30.4 Å². The van der Waals surface area contributed by atoms with Crippen molar-refractivity contribution >= 4 is 30.4 Å². The van der Waals surface area contributed by atoms with Crippen molar-refractivity contribution in [3.8, 4) is 0 Å². The molecule has 0 aliphatic heterocycles. The molecular weight excluding hydrogens is 293 g/mol. The minimum atomic E-state index is -1.19. The van der Waals surface area contributed by atoms with Gasteiger partial charge < -0.3 is 43.8 Å². The SMILES string of the molecule is O.O.O.O.O.O.O.O.[Cl][Co]([Cl])[Cl]. The molecule has 0 aliphatic rings. The summed E-state index contributed by atoms with van der Waals surface area (Å²) in [5.41, 5.74) is 0. The van der Waals surface area contributed by atoms with Crippen LogP contribution in [0.25, 0.3) is 0 Å². The van der Waals surface area contributed by atoms with Crippen LogP contribution in [0.4, 0.5) is 0 Å². The van der Waals surface area contributed by atoms with Crippen molar-refractivity contribution in [2.75, 3.05) is 0 Å². The van der Waals surface area contributed by atoms with Gasteiger partial charge in [0.05, 0.1) is 0 Å². The summed E-state index contributed by atoms with van der Waals surface area (Å²) < 4.78 is 0. The van der Waals surface area contributed by atoms with E-state index in [0.29, 0.717) is 0 Å². The van der Waals surface area contributed by atoms with Gasteiger partial charge in [0.15, 0.2) is 0 Å². The summed E-state index contributed by atoms with van der Waals surface area (Å²) in [4.78, 5) is 0. The molecule has 0 saturated heterocycles. The second-order valence-corrected chi connectivity index (χ2v) is 5.30. The second-order valence-electron chi connectivity index (χ2n) is 0.143. The third-order valence-electron chi connectivity index (χ3n) is 0. The van der Waals surface area contributed by atoms with Gasteiger partial charge in [-0.05, 0) is 0 Å². The van der Waals surface area contributed by atoms with Gasteiger partial charge in [-0.15, -0.1) is 0 Å². The molecule has 94 valence electrons. The molecule has 0 aliphatic carbocycles. The van der Waals surface area contributed by atoms with Gasteiger partial charge in [0.25, 0.3) is 0 Å². The van der Waals surface area contributed by atoms with Crippen LogP contribution in [0.15, 0.2) is 0 Å². The van der Waals surface area contributed by atoms with Gasteiger partial charge in [-0.2, -0.15) is 0 Å². The van der Waals surface area contributed by atoms with Gasteiger partial charge in [0, 0.05) is 0 Å². The van der Waals surface area contributed by atoms with E-state index in [1.807, 2.05) is 0 Å². The zero-order chi connectivity index (χ0) is 3.58. The average molecular weight is 309 g/mol. The molecule has 12 heavy (non-hydrogen) atoms. The normalized spacial score (nSPS) is 3.75. The van der Waals surface area contributed by atoms with Crippen molar-refractivity contribution in [1.82, 2.24) is 0 Å². The first-order valence-corrected chi connectivity index (χ1v) is 4.68. The molecule has 0 unspecified atom stereocenters. The Bertz CT molecular complexity index is 19.0. The van der Waals surface area contributed by atoms with Crippen molar-refractivity contribution in [2.24, 2.45) is 0 Å². The molecule has 0 bridgehead atoms. The molecule has 0 atom stereocenters. The topological polar surface area (TPSA) is 252 Å². The fraction of sp³-hybridized carbons (Fsp3) is 0. The van der Waals surface area contributed by atoms with Crippen LogP contribution in [0.2, 0.25) is 0 Å². The van der Waals surface area contributed by atoms with Crippen LogP contribution in [0.5, 0.6) is 0 Å². The van der Waals surface area contributed by atoms with Gasteiger partial charge in [0.1, 0.15) is 0 Å². The number of halogens is 3. The molecule has 8 nitrogen and oxygen atoms in total. The first-order chi connectivity index (χ1) is 1.73. The van der Waals surface area contributed by atoms with Crippen molar-refractivity contribution < 1.29 is 54.8 Å². The van der Waals surface area contributed by atoms with Crippen molar-refractivity contribution in [3.63, 3.8) is 0 Å². The fourth-order valence-electron chi connectivity index (χ4n) is 0. The van der Waals surface area contributed by atoms with Crippen molar-refractivity contribution in [2.45, 2.75) is 0 Å². The molecule has 0 aromatic heterocycles. The molecule has 0 saturated carbocycles. The van der Waals surface area contributed by atoms with Crippen LogP contribution in [0.3, 0.4) is 0 Å². The van der Waals surface area contributed by atoms with Gasteiger partial charge in [-0.25, -0.2) is 0 Å². The molecular formula is H16Cl3CoO8. The van der Waals surface area contributed by atoms with E-state index in [0.717, 1.165) is 0 Å². The zero-order valence-corrected chi connectivity index (χ0v) is 8.78. The van der Waals surface area contributed by atoms with Gasteiger partial charge in [-0.1, -0.05) is 0 Å². The maximum absolute atomic E-state index is 4.87. The second kappa shape index (κ2) is 89.6. The maximum atomic E-state index is 4.87. The number of hydrogen-bond acceptors (Lipinski definition) is 0. The standard InChI is InChI=1S/3ClH.Co.8H2O/h3*1H;;8*1H2/q;;;+3;;;;;;;;/p-3. The predicted molar refractivity (Wildman–Crippen MR) is 46.5 cm³/mol. The van der Waals surface area contributed by atoms with E-state index >= 15 is 0 Å². The fourth-order valence-corrected chi connectivity index (χ4v) is 0. The van der Waals surface area contributed by atoms with Crippen molar-refractivity contribution in [3.05, 3.63) is 0 Å². The van der Waals surface area contributed by atoms with Crippen LogP contribution in [0.1, 0.15) is 0 Å². The minimum absolute atomic E-state index is 0. The molecule has 0 aromatic carbocycles. The van der Waals surface area contributed by atoms with Crippen LogP contribution < -0.4 is 0 Å². The Balaban J connectivity index is -0.00000000161. The summed E-state index contributed by atoms with van der Waals surface area (Å²) in [6.45, 7) is 0. The summed E-state index contributed by atoms with van der Waals surface area (Å²) in [5.74, 6) is 0. The van der Waals surface area contributed by atoms with Crippen molar-refractivity contribution in [1.29, 1.82) is 0 Å². The predicted octanol–water partition coefficient (Wildman–Crippen LogP) is -4.53. The van der Waals surface area contributed by atoms with Gasteiger partial charge in [0.2, 0.25) is 0 Å². The molecule has 12 heteroatoms. The van der Waals surface area contributed by atoms with Crippen LogP contribution in [0, 0.1) is 0 Å². The molecule has 0 radical (unpaired) electrons. The van der Waals surface area contributed by atoms with Crippen LogP contribution in [-0.2, 0) is 10.9 Å². The number of hydrogen-bond donors (Lipinski definition) is 0. The molecule has 0 rings (SSSR count). The molecule has 0 aromatic rings. The Labute approximate surface area is 85.4 Å². The van der Waals surface area contributed by atoms with E-state index in [2.05, 4.69) is 0 Å². The molecule has 0 fully saturated rings. The molecule has 0 amide bonds.